The number of carbonyl (C=O) groups excluding carboxylic acids is 3. The minimum atomic E-state index is -2.11. The van der Waals surface area contributed by atoms with Crippen LogP contribution in [0.4, 0.5) is 0 Å². The third kappa shape index (κ3) is 12.0. The molecule has 1 aromatic carbocycles. The van der Waals surface area contributed by atoms with Crippen molar-refractivity contribution in [1.82, 2.24) is 5.32 Å². The molecule has 7 unspecified atom stereocenters. The van der Waals surface area contributed by atoms with Crippen molar-refractivity contribution in [2.45, 2.75) is 182 Å². The molecule has 16 atom stereocenters. The zero-order valence-corrected chi connectivity index (χ0v) is 39.7. The first-order valence-electron chi connectivity index (χ1n) is 23.2. The fourth-order valence-corrected chi connectivity index (χ4v) is 10.9. The lowest BCUT2D eigenvalue weighted by atomic mass is 9.62. The number of furan rings is 1. The second-order valence-corrected chi connectivity index (χ2v) is 21.1. The number of cyclic esters (lactones) is 1. The summed E-state index contributed by atoms with van der Waals surface area (Å²) in [7, 11) is 0. The lowest BCUT2D eigenvalue weighted by Crippen LogP contribution is -2.57. The van der Waals surface area contributed by atoms with Gasteiger partial charge in [-0.1, -0.05) is 73.6 Å². The Hall–Kier alpha value is -3.17. The Kier molecular flexibility index (Phi) is 16.6. The summed E-state index contributed by atoms with van der Waals surface area (Å²) in [5.74, 6) is -3.80. The maximum absolute atomic E-state index is 14.7. The van der Waals surface area contributed by atoms with E-state index in [1.165, 1.54) is 6.92 Å². The van der Waals surface area contributed by atoms with Gasteiger partial charge >= 0.3 is 5.97 Å². The molecule has 13 heteroatoms. The Morgan fingerprint density at radius 1 is 0.873 bits per heavy atom. The Balaban J connectivity index is 1.48. The number of rotatable bonds is 10. The van der Waals surface area contributed by atoms with E-state index >= 15 is 0 Å². The maximum atomic E-state index is 14.7. The summed E-state index contributed by atoms with van der Waals surface area (Å²) in [5.41, 5.74) is -1.69. The summed E-state index contributed by atoms with van der Waals surface area (Å²) in [5, 5.41) is 49.4. The SMILES string of the molecule is CC1CC(C)C(O)C(C[C@@H]2[C@@H](C)[C@H](OC3CC(C)(C)C(O)C(C)O3)[C@@H](C)C(=O)O[C@H](CCNC(=O)Cc3cccc(-c4ccco4)c3)[C@@](C)(O)[C@H](O)[C@@H](C)C(=O)[C@H](C)CC2(C)C)O1. The smallest absolute Gasteiger partial charge is 0.311 e. The number of esters is 1. The first kappa shape index (κ1) is 50.8. The third-order valence-electron chi connectivity index (χ3n) is 14.8. The van der Waals surface area contributed by atoms with E-state index in [1.807, 2.05) is 71.9 Å². The van der Waals surface area contributed by atoms with Crippen LogP contribution in [0.25, 0.3) is 11.3 Å². The van der Waals surface area contributed by atoms with Crippen LogP contribution in [-0.2, 0) is 39.8 Å². The second kappa shape index (κ2) is 20.6. The van der Waals surface area contributed by atoms with Crippen LogP contribution in [0.2, 0.25) is 0 Å². The highest BCUT2D eigenvalue weighted by Crippen LogP contribution is 2.48. The fourth-order valence-electron chi connectivity index (χ4n) is 10.9. The van der Waals surface area contributed by atoms with Gasteiger partial charge < -0.3 is 49.1 Å². The molecule has 0 aliphatic carbocycles. The van der Waals surface area contributed by atoms with Gasteiger partial charge in [-0.25, -0.2) is 0 Å². The van der Waals surface area contributed by atoms with Gasteiger partial charge in [0.2, 0.25) is 5.91 Å². The number of benzene rings is 1. The molecule has 1 aromatic heterocycles. The lowest BCUT2D eigenvalue weighted by Gasteiger charge is -2.49. The van der Waals surface area contributed by atoms with Gasteiger partial charge in [0.05, 0.1) is 61.3 Å². The number of Topliss-reactive ketones (excluding diaryl/α,β-unsaturated/α-hetero) is 1. The van der Waals surface area contributed by atoms with Crippen LogP contribution in [0, 0.1) is 46.3 Å². The average Bonchev–Trinajstić information content (AvgIpc) is 3.76. The summed E-state index contributed by atoms with van der Waals surface area (Å²) in [4.78, 5) is 42.3. The number of aliphatic hydroxyl groups excluding tert-OH is 3. The van der Waals surface area contributed by atoms with Crippen molar-refractivity contribution in [3.63, 3.8) is 0 Å². The molecule has 5 N–H and O–H groups in total. The summed E-state index contributed by atoms with van der Waals surface area (Å²) in [6.07, 6.45) is -3.80. The van der Waals surface area contributed by atoms with Crippen LogP contribution in [0.1, 0.15) is 121 Å². The zero-order valence-electron chi connectivity index (χ0n) is 39.7. The molecule has 2 aromatic rings. The second-order valence-electron chi connectivity index (χ2n) is 21.1. The molecule has 354 valence electrons. The third-order valence-corrected chi connectivity index (χ3v) is 14.8. The van der Waals surface area contributed by atoms with E-state index in [2.05, 4.69) is 19.2 Å². The zero-order chi connectivity index (χ0) is 46.8. The van der Waals surface area contributed by atoms with Gasteiger partial charge in [0, 0.05) is 36.8 Å². The monoisotopic (exact) mass is 884 g/mol. The Labute approximate surface area is 375 Å². The normalized spacial score (nSPS) is 39.2. The van der Waals surface area contributed by atoms with E-state index in [-0.39, 0.29) is 49.0 Å². The van der Waals surface area contributed by atoms with E-state index < -0.39 is 95.1 Å². The number of amides is 1. The topological polar surface area (TPSA) is 194 Å². The first-order chi connectivity index (χ1) is 29.3. The van der Waals surface area contributed by atoms with Gasteiger partial charge in [0.15, 0.2) is 6.29 Å². The van der Waals surface area contributed by atoms with E-state index in [0.29, 0.717) is 25.0 Å². The van der Waals surface area contributed by atoms with Crippen molar-refractivity contribution in [2.75, 3.05) is 6.54 Å². The number of hydrogen-bond acceptors (Lipinski definition) is 12. The molecule has 3 fully saturated rings. The Morgan fingerprint density at radius 3 is 2.22 bits per heavy atom. The summed E-state index contributed by atoms with van der Waals surface area (Å²) < 4.78 is 31.4. The van der Waals surface area contributed by atoms with Gasteiger partial charge in [-0.2, -0.15) is 0 Å². The molecule has 0 spiro atoms. The molecular formula is C50H77NO12. The van der Waals surface area contributed by atoms with Crippen LogP contribution in [-0.4, -0.2) is 105 Å². The highest BCUT2D eigenvalue weighted by Gasteiger charge is 2.52. The molecular weight excluding hydrogens is 807 g/mol. The average molecular weight is 884 g/mol. The van der Waals surface area contributed by atoms with E-state index in [0.717, 1.165) is 17.5 Å². The molecule has 3 aliphatic rings. The van der Waals surface area contributed by atoms with Crippen molar-refractivity contribution in [2.24, 2.45) is 46.3 Å². The lowest BCUT2D eigenvalue weighted by molar-refractivity contribution is -0.279. The predicted molar refractivity (Wildman–Crippen MR) is 238 cm³/mol. The number of nitrogens with one attached hydrogen (secondary N) is 1. The summed E-state index contributed by atoms with van der Waals surface area (Å²) in [6, 6.07) is 11.1. The maximum Gasteiger partial charge on any atom is 0.311 e. The van der Waals surface area contributed by atoms with E-state index in [4.69, 9.17) is 23.4 Å². The van der Waals surface area contributed by atoms with Gasteiger partial charge in [0.1, 0.15) is 23.2 Å². The number of ether oxygens (including phenoxy) is 4. The van der Waals surface area contributed by atoms with Crippen molar-refractivity contribution in [1.29, 1.82) is 0 Å². The molecule has 3 saturated heterocycles. The number of carbonyl (C=O) groups is 3. The highest BCUT2D eigenvalue weighted by atomic mass is 16.7. The molecule has 5 rings (SSSR count). The van der Waals surface area contributed by atoms with Crippen molar-refractivity contribution in [3.05, 3.63) is 48.2 Å². The molecule has 0 radical (unpaired) electrons. The van der Waals surface area contributed by atoms with Gasteiger partial charge in [-0.05, 0) is 99.3 Å². The quantitative estimate of drug-likeness (QED) is 0.160. The number of ketones is 1. The van der Waals surface area contributed by atoms with Gasteiger partial charge in [0.25, 0.3) is 0 Å². The van der Waals surface area contributed by atoms with Crippen LogP contribution in [0.3, 0.4) is 0 Å². The van der Waals surface area contributed by atoms with Crippen LogP contribution in [0.5, 0.6) is 0 Å². The Bertz CT molecular complexity index is 1830. The molecule has 3 aliphatic heterocycles. The van der Waals surface area contributed by atoms with E-state index in [1.54, 1.807) is 33.1 Å². The molecule has 4 heterocycles. The highest BCUT2D eigenvalue weighted by molar-refractivity contribution is 5.83. The number of hydrogen-bond donors (Lipinski definition) is 5. The van der Waals surface area contributed by atoms with Crippen LogP contribution in [0.15, 0.2) is 47.1 Å². The summed E-state index contributed by atoms with van der Waals surface area (Å²) in [6.45, 7) is 22.4. The van der Waals surface area contributed by atoms with Crippen molar-refractivity contribution < 1.29 is 58.2 Å². The molecule has 13 nitrogen and oxygen atoms in total. The van der Waals surface area contributed by atoms with E-state index in [9.17, 15) is 34.8 Å². The fraction of sp³-hybridized carbons (Fsp3) is 0.740. The predicted octanol–water partition coefficient (Wildman–Crippen LogP) is 6.65. The largest absolute Gasteiger partial charge is 0.464 e. The molecule has 0 saturated carbocycles. The minimum Gasteiger partial charge on any atom is -0.464 e. The number of aliphatic hydroxyl groups is 4. The van der Waals surface area contributed by atoms with Crippen LogP contribution < -0.4 is 5.32 Å². The minimum absolute atomic E-state index is 0.00159. The van der Waals surface area contributed by atoms with Crippen molar-refractivity contribution >= 4 is 17.7 Å². The molecule has 0 bridgehead atoms. The molecule has 63 heavy (non-hydrogen) atoms. The Morgan fingerprint density at radius 2 is 1.57 bits per heavy atom. The van der Waals surface area contributed by atoms with Gasteiger partial charge in [-0.15, -0.1) is 0 Å². The first-order valence-corrected chi connectivity index (χ1v) is 23.2. The standard InChI is InChI=1S/C50H77NO12/c1-27-21-29(3)60-38(43(27)54)24-36-30(4)44(63-41-26-49(10,11)46(56)33(7)61-41)32(6)47(57)62-39(50(12,58)45(55)31(5)42(53)28(2)25-48(36,8)9)18-19-51-40(52)23-34-15-13-16-35(22-34)37-17-14-20-59-37/h13-17,20,22,27-33,36,38-39,41,43-46,54-56,58H,18-19,21,23-26H2,1-12H3,(H,51,52)/t27?,28-,29?,30-,31+,32-,33?,36-,38?,39-,41?,43?,44+,45-,46?,50-/m1/s1. The van der Waals surface area contributed by atoms with Crippen LogP contribution >= 0.6 is 0 Å². The molecule has 1 amide bonds. The summed E-state index contributed by atoms with van der Waals surface area (Å²) >= 11 is 0. The van der Waals surface area contributed by atoms with Crippen molar-refractivity contribution in [3.8, 4) is 11.3 Å². The van der Waals surface area contributed by atoms with Gasteiger partial charge in [-0.3, -0.25) is 14.4 Å².